The number of carbonyl (C=O) groups is 1. The molecule has 0 heterocycles. The minimum absolute atomic E-state index is 0.153. The summed E-state index contributed by atoms with van der Waals surface area (Å²) in [6.45, 7) is 6.76. The number of quaternary nitrogens is 1. The Hall–Kier alpha value is -0.610. The monoisotopic (exact) mass is 415 g/mol. The average molecular weight is 416 g/mol. The van der Waals surface area contributed by atoms with Gasteiger partial charge in [-0.05, 0) is 12.8 Å². The van der Waals surface area contributed by atoms with Crippen molar-refractivity contribution >= 4 is 5.91 Å². The lowest BCUT2D eigenvalue weighted by atomic mass is 10.0. The van der Waals surface area contributed by atoms with Gasteiger partial charge in [0.25, 0.3) is 0 Å². The number of aliphatic hydroxyl groups excluding tert-OH is 1. The number of rotatable bonds is 20. The Morgan fingerprint density at radius 2 is 1.03 bits per heavy atom. The summed E-state index contributed by atoms with van der Waals surface area (Å²) >= 11 is 0. The molecule has 3 N–H and O–H groups in total. The van der Waals surface area contributed by atoms with Crippen molar-refractivity contribution in [2.24, 2.45) is 5.73 Å². The van der Waals surface area contributed by atoms with Gasteiger partial charge in [0.1, 0.15) is 6.54 Å². The first-order valence-electron chi connectivity index (χ1n) is 12.6. The molecular formula is C25H55N2O2+. The second kappa shape index (κ2) is 23.7. The predicted molar refractivity (Wildman–Crippen MR) is 128 cm³/mol. The van der Waals surface area contributed by atoms with Crippen LogP contribution in [0.4, 0.5) is 0 Å². The van der Waals surface area contributed by atoms with E-state index >= 15 is 0 Å². The molecule has 4 heteroatoms. The SMILES string of the molecule is CCCCCCCCCCCCCCCCCC(N)=O.CCC[N+](C)(C)CCO. The summed E-state index contributed by atoms with van der Waals surface area (Å²) in [4.78, 5) is 10.6. The number of carbonyl (C=O) groups excluding carboxylic acids is 1. The van der Waals surface area contributed by atoms with Gasteiger partial charge in [-0.2, -0.15) is 0 Å². The van der Waals surface area contributed by atoms with Gasteiger partial charge in [-0.15, -0.1) is 0 Å². The van der Waals surface area contributed by atoms with Crippen molar-refractivity contribution in [1.29, 1.82) is 0 Å². The van der Waals surface area contributed by atoms with Crippen molar-refractivity contribution in [1.82, 2.24) is 0 Å². The van der Waals surface area contributed by atoms with E-state index in [9.17, 15) is 4.79 Å². The first kappa shape index (κ1) is 30.6. The number of aliphatic hydroxyl groups is 1. The van der Waals surface area contributed by atoms with Crippen molar-refractivity contribution < 1.29 is 14.4 Å². The highest BCUT2D eigenvalue weighted by atomic mass is 16.3. The van der Waals surface area contributed by atoms with Crippen LogP contribution in [0.25, 0.3) is 0 Å². The molecule has 0 aromatic heterocycles. The fourth-order valence-electron chi connectivity index (χ4n) is 3.66. The molecule has 0 bridgehead atoms. The van der Waals surface area contributed by atoms with E-state index in [1.807, 2.05) is 0 Å². The Labute approximate surface area is 183 Å². The maximum atomic E-state index is 10.6. The summed E-state index contributed by atoms with van der Waals surface area (Å²) in [5.74, 6) is -0.153. The lowest BCUT2D eigenvalue weighted by Gasteiger charge is -2.28. The number of unbranched alkanes of at least 4 members (excludes halogenated alkanes) is 14. The van der Waals surface area contributed by atoms with Crippen molar-refractivity contribution in [2.45, 2.75) is 123 Å². The molecule has 0 aromatic carbocycles. The van der Waals surface area contributed by atoms with Gasteiger partial charge in [0, 0.05) is 6.42 Å². The normalized spacial score (nSPS) is 11.2. The fraction of sp³-hybridized carbons (Fsp3) is 0.960. The van der Waals surface area contributed by atoms with Gasteiger partial charge in [-0.25, -0.2) is 0 Å². The van der Waals surface area contributed by atoms with Gasteiger partial charge in [0.15, 0.2) is 0 Å². The van der Waals surface area contributed by atoms with Gasteiger partial charge in [-0.3, -0.25) is 4.79 Å². The zero-order valence-electron chi connectivity index (χ0n) is 20.5. The van der Waals surface area contributed by atoms with Crippen LogP contribution in [0.15, 0.2) is 0 Å². The molecule has 0 saturated carbocycles. The van der Waals surface area contributed by atoms with Gasteiger partial charge >= 0.3 is 0 Å². The smallest absolute Gasteiger partial charge is 0.217 e. The molecule has 0 aliphatic heterocycles. The number of nitrogens with zero attached hydrogens (tertiary/aromatic N) is 1. The molecule has 0 atom stereocenters. The number of amides is 1. The lowest BCUT2D eigenvalue weighted by molar-refractivity contribution is -0.890. The number of hydrogen-bond acceptors (Lipinski definition) is 2. The van der Waals surface area contributed by atoms with Crippen LogP contribution in [0.3, 0.4) is 0 Å². The highest BCUT2D eigenvalue weighted by molar-refractivity contribution is 5.73. The first-order chi connectivity index (χ1) is 13.9. The van der Waals surface area contributed by atoms with E-state index in [4.69, 9.17) is 10.8 Å². The number of likely N-dealkylation sites (N-methyl/N-ethyl adjacent to an activating group) is 1. The van der Waals surface area contributed by atoms with Crippen LogP contribution in [0.1, 0.15) is 123 Å². The highest BCUT2D eigenvalue weighted by Gasteiger charge is 2.10. The van der Waals surface area contributed by atoms with Gasteiger partial charge in [0.2, 0.25) is 5.91 Å². The van der Waals surface area contributed by atoms with E-state index in [0.717, 1.165) is 24.0 Å². The second-order valence-electron chi connectivity index (χ2n) is 9.27. The van der Waals surface area contributed by atoms with Crippen LogP contribution in [-0.2, 0) is 4.79 Å². The van der Waals surface area contributed by atoms with Gasteiger partial charge in [-0.1, -0.05) is 104 Å². The zero-order valence-corrected chi connectivity index (χ0v) is 20.5. The first-order valence-corrected chi connectivity index (χ1v) is 12.6. The maximum Gasteiger partial charge on any atom is 0.217 e. The Kier molecular flexibility index (Phi) is 25.0. The molecule has 176 valence electrons. The minimum atomic E-state index is -0.153. The summed E-state index contributed by atoms with van der Waals surface area (Å²) in [5, 5.41) is 8.61. The molecule has 4 nitrogen and oxygen atoms in total. The number of hydrogen-bond donors (Lipinski definition) is 2. The van der Waals surface area contributed by atoms with E-state index in [2.05, 4.69) is 27.9 Å². The molecule has 29 heavy (non-hydrogen) atoms. The molecule has 0 saturated heterocycles. The van der Waals surface area contributed by atoms with Crippen LogP contribution >= 0.6 is 0 Å². The van der Waals surface area contributed by atoms with Crippen molar-refractivity contribution in [3.63, 3.8) is 0 Å². The lowest BCUT2D eigenvalue weighted by Crippen LogP contribution is -2.42. The van der Waals surface area contributed by atoms with E-state index in [1.165, 1.54) is 96.3 Å². The van der Waals surface area contributed by atoms with Gasteiger partial charge in [0.05, 0.1) is 27.2 Å². The number of primary amides is 1. The molecule has 0 rings (SSSR count). The average Bonchev–Trinajstić information content (AvgIpc) is 2.65. The third kappa shape index (κ3) is 29.7. The molecule has 0 aromatic rings. The summed E-state index contributed by atoms with van der Waals surface area (Å²) in [7, 11) is 4.28. The Bertz CT molecular complexity index is 325. The summed E-state index contributed by atoms with van der Waals surface area (Å²) in [5.41, 5.74) is 5.11. The van der Waals surface area contributed by atoms with Crippen LogP contribution in [0.5, 0.6) is 0 Å². The van der Waals surface area contributed by atoms with E-state index < -0.39 is 0 Å². The Balaban J connectivity index is 0. The maximum absolute atomic E-state index is 10.6. The topological polar surface area (TPSA) is 63.3 Å². The number of nitrogens with two attached hydrogens (primary N) is 1. The molecule has 0 radical (unpaired) electrons. The molecule has 0 aliphatic carbocycles. The summed E-state index contributed by atoms with van der Waals surface area (Å²) < 4.78 is 0.938. The predicted octanol–water partition coefficient (Wildman–Crippen LogP) is 6.20. The second-order valence-corrected chi connectivity index (χ2v) is 9.27. The summed E-state index contributed by atoms with van der Waals surface area (Å²) in [6, 6.07) is 0. The molecule has 0 fully saturated rings. The van der Waals surface area contributed by atoms with Crippen LogP contribution in [-0.4, -0.2) is 49.3 Å². The molecule has 0 unspecified atom stereocenters. The molecular weight excluding hydrogens is 360 g/mol. The van der Waals surface area contributed by atoms with E-state index in [0.29, 0.717) is 13.0 Å². The van der Waals surface area contributed by atoms with E-state index in [-0.39, 0.29) is 5.91 Å². The fourth-order valence-corrected chi connectivity index (χ4v) is 3.66. The Morgan fingerprint density at radius 1 is 0.655 bits per heavy atom. The minimum Gasteiger partial charge on any atom is -0.391 e. The van der Waals surface area contributed by atoms with Crippen LogP contribution in [0, 0.1) is 0 Å². The van der Waals surface area contributed by atoms with Crippen molar-refractivity contribution in [3.05, 3.63) is 0 Å². The van der Waals surface area contributed by atoms with Crippen LogP contribution in [0.2, 0.25) is 0 Å². The third-order valence-corrected chi connectivity index (χ3v) is 5.56. The highest BCUT2D eigenvalue weighted by Crippen LogP contribution is 2.13. The molecule has 1 amide bonds. The third-order valence-electron chi connectivity index (χ3n) is 5.56. The standard InChI is InChI=1S/C18H37NO.C7H18NO/c1-2-3-4-5-6-7-8-9-10-11-12-13-14-15-16-17-18(19)20;1-4-5-8(2,3)6-7-9/h2-17H2,1H3,(H2,19,20);9H,4-7H2,1-3H3/q;+1. The largest absolute Gasteiger partial charge is 0.391 e. The van der Waals surface area contributed by atoms with Crippen LogP contribution < -0.4 is 5.73 Å². The molecule has 0 aliphatic rings. The van der Waals surface area contributed by atoms with E-state index in [1.54, 1.807) is 0 Å². The van der Waals surface area contributed by atoms with Gasteiger partial charge < -0.3 is 15.3 Å². The zero-order chi connectivity index (χ0) is 22.2. The van der Waals surface area contributed by atoms with Crippen molar-refractivity contribution in [3.8, 4) is 0 Å². The summed E-state index contributed by atoms with van der Waals surface area (Å²) in [6.07, 6.45) is 22.1. The molecule has 0 spiro atoms. The quantitative estimate of drug-likeness (QED) is 0.184. The van der Waals surface area contributed by atoms with Crippen molar-refractivity contribution in [2.75, 3.05) is 33.8 Å². The Morgan fingerprint density at radius 3 is 1.34 bits per heavy atom.